The van der Waals surface area contributed by atoms with Crippen LogP contribution in [0.1, 0.15) is 47.7 Å². The second kappa shape index (κ2) is 4.65. The molecule has 1 unspecified atom stereocenters. The van der Waals surface area contributed by atoms with Gasteiger partial charge in [-0.1, -0.05) is 0 Å². The van der Waals surface area contributed by atoms with Crippen molar-refractivity contribution >= 4 is 23.4 Å². The first kappa shape index (κ1) is 12.5. The summed E-state index contributed by atoms with van der Waals surface area (Å²) in [6, 6.07) is -0.387. The summed E-state index contributed by atoms with van der Waals surface area (Å²) in [6.45, 7) is 0. The van der Waals surface area contributed by atoms with Gasteiger partial charge in [0, 0.05) is 12.1 Å². The first-order chi connectivity index (χ1) is 10.3. The zero-order valence-corrected chi connectivity index (χ0v) is 11.5. The third-order valence-corrected chi connectivity index (χ3v) is 4.21. The molecule has 2 N–H and O–H groups in total. The average Bonchev–Trinajstić information content (AvgIpc) is 3.40. The second-order valence-corrected chi connectivity index (χ2v) is 5.94. The lowest BCUT2D eigenvalue weighted by Crippen LogP contribution is -2.37. The topological polar surface area (TPSA) is 87.7 Å². The fourth-order valence-electron chi connectivity index (χ4n) is 2.60. The van der Waals surface area contributed by atoms with Gasteiger partial charge in [0.1, 0.15) is 11.8 Å². The largest absolute Gasteiger partial charge is 0.344 e. The number of hydrogen-bond donors (Lipinski definition) is 2. The predicted octanol–water partition coefficient (Wildman–Crippen LogP) is 1.54. The van der Waals surface area contributed by atoms with Crippen LogP contribution in [-0.2, 0) is 4.79 Å². The molecule has 2 aliphatic carbocycles. The Labute approximate surface area is 121 Å². The van der Waals surface area contributed by atoms with Gasteiger partial charge in [-0.3, -0.25) is 4.79 Å². The summed E-state index contributed by atoms with van der Waals surface area (Å²) in [4.78, 5) is 35.3. The standard InChI is InChI=1S/C15H16N4O2/c20-7-12(9-3-4-9)19-15(21)10-5-16-14-13(10)18-11(6-17-14)8-1-2-8/h5-9,12H,1-4H2,(H,16,17)(H,19,21). The highest BCUT2D eigenvalue weighted by Crippen LogP contribution is 2.39. The number of aromatic amines is 1. The normalized spacial score (nSPS) is 19.4. The minimum Gasteiger partial charge on any atom is -0.344 e. The molecule has 21 heavy (non-hydrogen) atoms. The van der Waals surface area contributed by atoms with Gasteiger partial charge < -0.3 is 15.1 Å². The number of carbonyl (C=O) groups excluding carboxylic acids is 2. The third kappa shape index (κ3) is 2.30. The van der Waals surface area contributed by atoms with Crippen LogP contribution in [0, 0.1) is 5.92 Å². The van der Waals surface area contributed by atoms with E-state index in [2.05, 4.69) is 20.3 Å². The molecule has 2 aromatic heterocycles. The SMILES string of the molecule is O=CC(NC(=O)c1c[nH]c2ncc(C3CC3)nc12)C1CC1. The highest BCUT2D eigenvalue weighted by atomic mass is 16.2. The molecule has 4 rings (SSSR count). The van der Waals surface area contributed by atoms with Crippen molar-refractivity contribution in [2.75, 3.05) is 0 Å². The lowest BCUT2D eigenvalue weighted by atomic mass is 10.2. The zero-order chi connectivity index (χ0) is 14.4. The minimum atomic E-state index is -0.387. The first-order valence-electron chi connectivity index (χ1n) is 7.36. The van der Waals surface area contributed by atoms with Crippen molar-refractivity contribution in [2.45, 2.75) is 37.6 Å². The van der Waals surface area contributed by atoms with Gasteiger partial charge in [0.05, 0.1) is 23.5 Å². The number of amides is 1. The summed E-state index contributed by atoms with van der Waals surface area (Å²) >= 11 is 0. The van der Waals surface area contributed by atoms with Crippen molar-refractivity contribution in [1.29, 1.82) is 0 Å². The van der Waals surface area contributed by atoms with Gasteiger partial charge in [-0.2, -0.15) is 0 Å². The van der Waals surface area contributed by atoms with Crippen LogP contribution in [-0.4, -0.2) is 33.2 Å². The van der Waals surface area contributed by atoms with Crippen LogP contribution in [0.4, 0.5) is 0 Å². The van der Waals surface area contributed by atoms with Gasteiger partial charge in [-0.05, 0) is 31.6 Å². The Morgan fingerprint density at radius 2 is 2.19 bits per heavy atom. The van der Waals surface area contributed by atoms with Gasteiger partial charge >= 0.3 is 0 Å². The third-order valence-electron chi connectivity index (χ3n) is 4.21. The van der Waals surface area contributed by atoms with Gasteiger partial charge in [0.2, 0.25) is 0 Å². The summed E-state index contributed by atoms with van der Waals surface area (Å²) in [6.07, 6.45) is 8.50. The number of nitrogens with zero attached hydrogens (tertiary/aromatic N) is 2. The van der Waals surface area contributed by atoms with Crippen LogP contribution in [0.3, 0.4) is 0 Å². The van der Waals surface area contributed by atoms with E-state index in [9.17, 15) is 9.59 Å². The Kier molecular flexibility index (Phi) is 2.77. The highest BCUT2D eigenvalue weighted by Gasteiger charge is 2.33. The van der Waals surface area contributed by atoms with E-state index in [0.29, 0.717) is 28.6 Å². The molecule has 6 nitrogen and oxygen atoms in total. The first-order valence-corrected chi connectivity index (χ1v) is 7.36. The Bertz CT molecular complexity index is 716. The van der Waals surface area contributed by atoms with E-state index in [1.54, 1.807) is 12.4 Å². The number of aldehydes is 1. The van der Waals surface area contributed by atoms with Crippen LogP contribution in [0.5, 0.6) is 0 Å². The molecule has 0 radical (unpaired) electrons. The molecule has 0 aliphatic heterocycles. The number of carbonyl (C=O) groups is 2. The highest BCUT2D eigenvalue weighted by molar-refractivity contribution is 6.05. The van der Waals surface area contributed by atoms with Crippen molar-refractivity contribution in [3.63, 3.8) is 0 Å². The van der Waals surface area contributed by atoms with Crippen LogP contribution >= 0.6 is 0 Å². The van der Waals surface area contributed by atoms with Crippen molar-refractivity contribution in [3.8, 4) is 0 Å². The maximum absolute atomic E-state index is 12.4. The molecular weight excluding hydrogens is 268 g/mol. The number of fused-ring (bicyclic) bond motifs is 1. The van der Waals surface area contributed by atoms with Crippen molar-refractivity contribution < 1.29 is 9.59 Å². The molecule has 108 valence electrons. The molecule has 1 atom stereocenters. The number of rotatable bonds is 5. The molecule has 2 saturated carbocycles. The van der Waals surface area contributed by atoms with E-state index in [1.165, 1.54) is 0 Å². The summed E-state index contributed by atoms with van der Waals surface area (Å²) in [5.41, 5.74) is 2.62. The average molecular weight is 284 g/mol. The zero-order valence-electron chi connectivity index (χ0n) is 11.5. The Balaban J connectivity index is 1.63. The van der Waals surface area contributed by atoms with Crippen LogP contribution in [0.25, 0.3) is 11.2 Å². The van der Waals surface area contributed by atoms with Crippen LogP contribution in [0.2, 0.25) is 0 Å². The van der Waals surface area contributed by atoms with E-state index >= 15 is 0 Å². The molecular formula is C15H16N4O2. The number of H-pyrrole nitrogens is 1. The fourth-order valence-corrected chi connectivity index (χ4v) is 2.60. The second-order valence-electron chi connectivity index (χ2n) is 5.94. The van der Waals surface area contributed by atoms with Crippen molar-refractivity contribution in [1.82, 2.24) is 20.3 Å². The molecule has 2 aliphatic rings. The Hall–Kier alpha value is -2.24. The number of nitrogens with one attached hydrogen (secondary N) is 2. The number of hydrogen-bond acceptors (Lipinski definition) is 4. The van der Waals surface area contributed by atoms with Gasteiger partial charge in [-0.15, -0.1) is 0 Å². The maximum atomic E-state index is 12.4. The fraction of sp³-hybridized carbons (Fsp3) is 0.467. The van der Waals surface area contributed by atoms with Gasteiger partial charge in [0.25, 0.3) is 5.91 Å². The summed E-state index contributed by atoms with van der Waals surface area (Å²) < 4.78 is 0. The molecule has 0 aromatic carbocycles. The summed E-state index contributed by atoms with van der Waals surface area (Å²) in [5.74, 6) is 0.527. The van der Waals surface area contributed by atoms with E-state index in [0.717, 1.165) is 37.7 Å². The lowest BCUT2D eigenvalue weighted by Gasteiger charge is -2.10. The summed E-state index contributed by atoms with van der Waals surface area (Å²) in [5, 5.41) is 2.79. The smallest absolute Gasteiger partial charge is 0.255 e. The molecule has 2 aromatic rings. The molecule has 2 heterocycles. The molecule has 1 amide bonds. The molecule has 6 heteroatoms. The van der Waals surface area contributed by atoms with E-state index < -0.39 is 0 Å². The molecule has 0 spiro atoms. The molecule has 0 bridgehead atoms. The Morgan fingerprint density at radius 1 is 1.38 bits per heavy atom. The predicted molar refractivity (Wildman–Crippen MR) is 75.9 cm³/mol. The van der Waals surface area contributed by atoms with Crippen LogP contribution in [0.15, 0.2) is 12.4 Å². The van der Waals surface area contributed by atoms with E-state index in [-0.39, 0.29) is 11.9 Å². The van der Waals surface area contributed by atoms with Crippen LogP contribution < -0.4 is 5.32 Å². The van der Waals surface area contributed by atoms with Crippen molar-refractivity contribution in [3.05, 3.63) is 23.7 Å². The molecule has 0 saturated heterocycles. The van der Waals surface area contributed by atoms with Gasteiger partial charge in [-0.25, -0.2) is 9.97 Å². The quantitative estimate of drug-likeness (QED) is 0.815. The van der Waals surface area contributed by atoms with E-state index in [4.69, 9.17) is 0 Å². The minimum absolute atomic E-state index is 0.257. The summed E-state index contributed by atoms with van der Waals surface area (Å²) in [7, 11) is 0. The lowest BCUT2D eigenvalue weighted by molar-refractivity contribution is -0.109. The maximum Gasteiger partial charge on any atom is 0.255 e. The van der Waals surface area contributed by atoms with E-state index in [1.807, 2.05) is 0 Å². The van der Waals surface area contributed by atoms with Crippen molar-refractivity contribution in [2.24, 2.45) is 5.92 Å². The Morgan fingerprint density at radius 3 is 2.86 bits per heavy atom. The molecule has 2 fully saturated rings. The van der Waals surface area contributed by atoms with Gasteiger partial charge in [0.15, 0.2) is 5.65 Å². The number of aromatic nitrogens is 3. The monoisotopic (exact) mass is 284 g/mol.